The van der Waals surface area contributed by atoms with Gasteiger partial charge in [-0.15, -0.1) is 5.10 Å². The molecule has 0 saturated carbocycles. The van der Waals surface area contributed by atoms with Crippen LogP contribution in [0.1, 0.15) is 0 Å². The second-order valence-corrected chi connectivity index (χ2v) is 3.96. The largest absolute Gasteiger partial charge is 0.378 e. The zero-order valence-corrected chi connectivity index (χ0v) is 9.26. The van der Waals surface area contributed by atoms with Crippen molar-refractivity contribution in [3.63, 3.8) is 0 Å². The van der Waals surface area contributed by atoms with Gasteiger partial charge in [0.05, 0.1) is 24.4 Å². The molecule has 0 spiro atoms. The highest BCUT2D eigenvalue weighted by Crippen LogP contribution is 2.24. The van der Waals surface area contributed by atoms with Crippen LogP contribution in [-0.2, 0) is 11.8 Å². The van der Waals surface area contributed by atoms with Gasteiger partial charge in [0, 0.05) is 20.1 Å². The molecule has 0 unspecified atom stereocenters. The summed E-state index contributed by atoms with van der Waals surface area (Å²) < 4.78 is 7.16. The number of aromatic nitrogens is 3. The van der Waals surface area contributed by atoms with E-state index in [1.165, 1.54) is 0 Å². The summed E-state index contributed by atoms with van der Waals surface area (Å²) in [5.41, 5.74) is 3.21. The number of ether oxygens (including phenoxy) is 1. The maximum atomic E-state index is 5.36. The Morgan fingerprint density at radius 1 is 1.25 bits per heavy atom. The lowest BCUT2D eigenvalue weighted by molar-refractivity contribution is 0.123. The summed E-state index contributed by atoms with van der Waals surface area (Å²) in [6.45, 7) is 3.43. The fraction of sp³-hybridized carbons (Fsp3) is 0.455. The second-order valence-electron chi connectivity index (χ2n) is 3.96. The van der Waals surface area contributed by atoms with Crippen LogP contribution in [0.25, 0.3) is 11.0 Å². The van der Waals surface area contributed by atoms with Crippen molar-refractivity contribution in [1.29, 1.82) is 0 Å². The van der Waals surface area contributed by atoms with Crippen LogP contribution >= 0.6 is 0 Å². The van der Waals surface area contributed by atoms with Gasteiger partial charge in [-0.3, -0.25) is 0 Å². The van der Waals surface area contributed by atoms with Crippen LogP contribution in [0.15, 0.2) is 18.2 Å². The molecule has 16 heavy (non-hydrogen) atoms. The highest BCUT2D eigenvalue weighted by atomic mass is 16.5. The van der Waals surface area contributed by atoms with Gasteiger partial charge in [-0.1, -0.05) is 11.3 Å². The topological polar surface area (TPSA) is 43.2 Å². The van der Waals surface area contributed by atoms with E-state index in [1.807, 2.05) is 13.1 Å². The van der Waals surface area contributed by atoms with Crippen LogP contribution in [0.3, 0.4) is 0 Å². The molecule has 0 N–H and O–H groups in total. The molecule has 1 saturated heterocycles. The maximum Gasteiger partial charge on any atom is 0.136 e. The minimum Gasteiger partial charge on any atom is -0.378 e. The SMILES string of the molecule is Cn1nnc2c(N3CCOCC3)cccc21. The first-order valence-corrected chi connectivity index (χ1v) is 5.47. The van der Waals surface area contributed by atoms with Crippen molar-refractivity contribution >= 4 is 16.7 Å². The zero-order chi connectivity index (χ0) is 11.0. The summed E-state index contributed by atoms with van der Waals surface area (Å²) in [5.74, 6) is 0. The van der Waals surface area contributed by atoms with Crippen LogP contribution < -0.4 is 4.90 Å². The van der Waals surface area contributed by atoms with Crippen LogP contribution in [-0.4, -0.2) is 41.3 Å². The van der Waals surface area contributed by atoms with E-state index in [2.05, 4.69) is 27.3 Å². The van der Waals surface area contributed by atoms with Gasteiger partial charge >= 0.3 is 0 Å². The highest BCUT2D eigenvalue weighted by Gasteiger charge is 2.15. The molecule has 1 aliphatic rings. The number of fused-ring (bicyclic) bond motifs is 1. The summed E-state index contributed by atoms with van der Waals surface area (Å²) in [6.07, 6.45) is 0. The molecular formula is C11H14N4O. The summed E-state index contributed by atoms with van der Waals surface area (Å²) in [4.78, 5) is 2.31. The molecule has 2 heterocycles. The monoisotopic (exact) mass is 218 g/mol. The van der Waals surface area contributed by atoms with E-state index < -0.39 is 0 Å². The molecule has 1 fully saturated rings. The number of morpholine rings is 1. The smallest absolute Gasteiger partial charge is 0.136 e. The lowest BCUT2D eigenvalue weighted by atomic mass is 10.2. The molecule has 5 heteroatoms. The first kappa shape index (κ1) is 9.59. The Balaban J connectivity index is 2.08. The number of aryl methyl sites for hydroxylation is 1. The molecule has 5 nitrogen and oxygen atoms in total. The van der Waals surface area contributed by atoms with Crippen molar-refractivity contribution in [2.24, 2.45) is 7.05 Å². The molecule has 2 aromatic rings. The Hall–Kier alpha value is -1.62. The molecule has 0 radical (unpaired) electrons. The van der Waals surface area contributed by atoms with Crippen molar-refractivity contribution < 1.29 is 4.74 Å². The minimum atomic E-state index is 0.788. The molecule has 0 amide bonds. The molecule has 1 aromatic carbocycles. The van der Waals surface area contributed by atoms with Crippen molar-refractivity contribution in [2.75, 3.05) is 31.2 Å². The number of rotatable bonds is 1. The highest BCUT2D eigenvalue weighted by molar-refractivity contribution is 5.88. The van der Waals surface area contributed by atoms with E-state index >= 15 is 0 Å². The zero-order valence-electron chi connectivity index (χ0n) is 9.26. The summed E-state index contributed by atoms with van der Waals surface area (Å²) in [7, 11) is 1.92. The van der Waals surface area contributed by atoms with Gasteiger partial charge in [-0.2, -0.15) is 0 Å². The molecule has 84 valence electrons. The standard InChI is InChI=1S/C11H14N4O/c1-14-9-3-2-4-10(11(9)12-13-14)15-5-7-16-8-6-15/h2-4H,5-8H2,1H3. The third-order valence-corrected chi connectivity index (χ3v) is 2.97. The van der Waals surface area contributed by atoms with Crippen LogP contribution in [0.4, 0.5) is 5.69 Å². The second kappa shape index (κ2) is 3.75. The molecular weight excluding hydrogens is 204 g/mol. The van der Waals surface area contributed by atoms with E-state index in [4.69, 9.17) is 4.74 Å². The first-order valence-electron chi connectivity index (χ1n) is 5.47. The van der Waals surface area contributed by atoms with E-state index in [1.54, 1.807) is 4.68 Å². The van der Waals surface area contributed by atoms with Crippen LogP contribution in [0, 0.1) is 0 Å². The van der Waals surface area contributed by atoms with Crippen molar-refractivity contribution in [1.82, 2.24) is 15.0 Å². The fourth-order valence-corrected chi connectivity index (χ4v) is 2.10. The van der Waals surface area contributed by atoms with Gasteiger partial charge in [-0.25, -0.2) is 4.68 Å². The third-order valence-electron chi connectivity index (χ3n) is 2.97. The predicted molar refractivity (Wildman–Crippen MR) is 61.5 cm³/mol. The first-order chi connectivity index (χ1) is 7.86. The van der Waals surface area contributed by atoms with Gasteiger partial charge < -0.3 is 9.64 Å². The summed E-state index contributed by atoms with van der Waals surface area (Å²) in [6, 6.07) is 6.19. The van der Waals surface area contributed by atoms with Gasteiger partial charge in [0.2, 0.25) is 0 Å². The molecule has 0 atom stereocenters. The minimum absolute atomic E-state index is 0.788. The molecule has 0 aliphatic carbocycles. The number of benzene rings is 1. The van der Waals surface area contributed by atoms with Crippen molar-refractivity contribution in [3.05, 3.63) is 18.2 Å². The van der Waals surface area contributed by atoms with E-state index in [0.717, 1.165) is 43.0 Å². The van der Waals surface area contributed by atoms with E-state index in [-0.39, 0.29) is 0 Å². The van der Waals surface area contributed by atoms with Gasteiger partial charge in [0.25, 0.3) is 0 Å². The summed E-state index contributed by atoms with van der Waals surface area (Å²) in [5, 5.41) is 8.28. The lowest BCUT2D eigenvalue weighted by Crippen LogP contribution is -2.36. The van der Waals surface area contributed by atoms with Crippen molar-refractivity contribution in [3.8, 4) is 0 Å². The Morgan fingerprint density at radius 2 is 2.06 bits per heavy atom. The molecule has 1 aromatic heterocycles. The third kappa shape index (κ3) is 1.44. The molecule has 1 aliphatic heterocycles. The maximum absolute atomic E-state index is 5.36. The normalized spacial score (nSPS) is 16.9. The van der Waals surface area contributed by atoms with Crippen LogP contribution in [0.5, 0.6) is 0 Å². The number of anilines is 1. The average Bonchev–Trinajstić information content (AvgIpc) is 2.73. The number of nitrogens with zero attached hydrogens (tertiary/aromatic N) is 4. The van der Waals surface area contributed by atoms with Gasteiger partial charge in [0.15, 0.2) is 0 Å². The van der Waals surface area contributed by atoms with Gasteiger partial charge in [-0.05, 0) is 12.1 Å². The Kier molecular flexibility index (Phi) is 2.25. The van der Waals surface area contributed by atoms with E-state index in [0.29, 0.717) is 0 Å². The van der Waals surface area contributed by atoms with Crippen molar-refractivity contribution in [2.45, 2.75) is 0 Å². The Labute approximate surface area is 93.6 Å². The lowest BCUT2D eigenvalue weighted by Gasteiger charge is -2.28. The van der Waals surface area contributed by atoms with E-state index in [9.17, 15) is 0 Å². The average molecular weight is 218 g/mol. The Morgan fingerprint density at radius 3 is 2.88 bits per heavy atom. The Bertz CT molecular complexity index is 502. The number of hydrogen-bond acceptors (Lipinski definition) is 4. The summed E-state index contributed by atoms with van der Waals surface area (Å²) >= 11 is 0. The predicted octanol–water partition coefficient (Wildman–Crippen LogP) is 0.805. The molecule has 3 rings (SSSR count). The fourth-order valence-electron chi connectivity index (χ4n) is 2.10. The molecule has 0 bridgehead atoms. The van der Waals surface area contributed by atoms with Gasteiger partial charge in [0.1, 0.15) is 5.52 Å². The number of hydrogen-bond donors (Lipinski definition) is 0. The quantitative estimate of drug-likeness (QED) is 0.710. The van der Waals surface area contributed by atoms with Crippen LogP contribution in [0.2, 0.25) is 0 Å².